The molecule has 1 amide bonds. The molecule has 0 aromatic heterocycles. The lowest BCUT2D eigenvalue weighted by Gasteiger charge is -2.32. The van der Waals surface area contributed by atoms with Crippen LogP contribution in [0, 0.1) is 35.5 Å². The van der Waals surface area contributed by atoms with Crippen LogP contribution in [0.3, 0.4) is 0 Å². The Bertz CT molecular complexity index is 447. The number of likely N-dealkylation sites (tertiary alicyclic amines) is 1. The van der Waals surface area contributed by atoms with Gasteiger partial charge in [0.25, 0.3) is 0 Å². The van der Waals surface area contributed by atoms with Gasteiger partial charge in [-0.2, -0.15) is 0 Å². The number of carbonyl (C=O) groups excluding carboxylic acids is 2. The van der Waals surface area contributed by atoms with Gasteiger partial charge in [0.2, 0.25) is 5.91 Å². The Balaban J connectivity index is 1.38. The van der Waals surface area contributed by atoms with Crippen molar-refractivity contribution < 1.29 is 14.3 Å². The number of hydrogen-bond acceptors (Lipinski definition) is 3. The van der Waals surface area contributed by atoms with Gasteiger partial charge in [-0.25, -0.2) is 0 Å². The number of rotatable bonds is 3. The van der Waals surface area contributed by atoms with Gasteiger partial charge in [-0.15, -0.1) is 0 Å². The molecule has 4 aliphatic rings. The van der Waals surface area contributed by atoms with Crippen molar-refractivity contribution in [3.05, 3.63) is 0 Å². The van der Waals surface area contributed by atoms with Gasteiger partial charge in [0.15, 0.2) is 0 Å². The van der Waals surface area contributed by atoms with Crippen LogP contribution in [0.5, 0.6) is 0 Å². The molecular weight excluding hydrogens is 266 g/mol. The minimum Gasteiger partial charge on any atom is -0.466 e. The molecule has 3 saturated carbocycles. The number of esters is 1. The minimum atomic E-state index is -0.119. The molecule has 4 unspecified atom stereocenters. The van der Waals surface area contributed by atoms with Crippen LogP contribution in [0.2, 0.25) is 0 Å². The first-order valence-electron chi connectivity index (χ1n) is 8.66. The SMILES string of the molecule is CCOC(=O)[C@@H]1CCCN(C(=O)C2C3C4CCC(C4)C23)C1. The van der Waals surface area contributed by atoms with Crippen molar-refractivity contribution in [2.75, 3.05) is 19.7 Å². The molecule has 1 saturated heterocycles. The van der Waals surface area contributed by atoms with Crippen LogP contribution in [-0.2, 0) is 14.3 Å². The molecule has 0 aromatic rings. The highest BCUT2D eigenvalue weighted by molar-refractivity contribution is 5.84. The molecule has 0 radical (unpaired) electrons. The Labute approximate surface area is 126 Å². The fourth-order valence-corrected chi connectivity index (χ4v) is 5.50. The Hall–Kier alpha value is -1.06. The predicted octanol–water partition coefficient (Wildman–Crippen LogP) is 2.08. The molecule has 4 rings (SSSR count). The maximum Gasteiger partial charge on any atom is 0.310 e. The first kappa shape index (κ1) is 13.6. The van der Waals surface area contributed by atoms with Gasteiger partial charge < -0.3 is 9.64 Å². The summed E-state index contributed by atoms with van der Waals surface area (Å²) in [6, 6.07) is 0. The second-order valence-electron chi connectivity index (χ2n) is 7.39. The van der Waals surface area contributed by atoms with Crippen molar-refractivity contribution >= 4 is 11.9 Å². The van der Waals surface area contributed by atoms with Crippen molar-refractivity contribution in [1.29, 1.82) is 0 Å². The fraction of sp³-hybridized carbons (Fsp3) is 0.882. The van der Waals surface area contributed by atoms with E-state index < -0.39 is 0 Å². The molecule has 0 aromatic carbocycles. The van der Waals surface area contributed by atoms with Gasteiger partial charge >= 0.3 is 5.97 Å². The van der Waals surface area contributed by atoms with Crippen molar-refractivity contribution in [3.63, 3.8) is 0 Å². The summed E-state index contributed by atoms with van der Waals surface area (Å²) in [5.41, 5.74) is 0. The van der Waals surface area contributed by atoms with E-state index in [9.17, 15) is 9.59 Å². The van der Waals surface area contributed by atoms with Crippen molar-refractivity contribution in [3.8, 4) is 0 Å². The second-order valence-corrected chi connectivity index (χ2v) is 7.39. The van der Waals surface area contributed by atoms with E-state index in [-0.39, 0.29) is 11.9 Å². The standard InChI is InChI=1S/C17H25NO3/c1-2-21-17(20)12-4-3-7-18(9-12)16(19)15-13-10-5-6-11(8-10)14(13)15/h10-15H,2-9H2,1H3/t10?,11?,12-,13?,14?,15?/m1/s1. The molecule has 1 aliphatic heterocycles. The second kappa shape index (κ2) is 4.99. The third-order valence-electron chi connectivity index (χ3n) is 6.37. The van der Waals surface area contributed by atoms with Crippen LogP contribution in [-0.4, -0.2) is 36.5 Å². The first-order chi connectivity index (χ1) is 10.2. The zero-order chi connectivity index (χ0) is 14.6. The summed E-state index contributed by atoms with van der Waals surface area (Å²) in [5, 5.41) is 0. The number of hydrogen-bond donors (Lipinski definition) is 0. The Morgan fingerprint density at radius 2 is 1.86 bits per heavy atom. The summed E-state index contributed by atoms with van der Waals surface area (Å²) in [4.78, 5) is 26.7. The minimum absolute atomic E-state index is 0.0991. The lowest BCUT2D eigenvalue weighted by molar-refractivity contribution is -0.151. The van der Waals surface area contributed by atoms with E-state index >= 15 is 0 Å². The molecule has 4 heteroatoms. The van der Waals surface area contributed by atoms with E-state index in [4.69, 9.17) is 4.74 Å². The summed E-state index contributed by atoms with van der Waals surface area (Å²) in [5.74, 6) is 3.48. The van der Waals surface area contributed by atoms with Gasteiger partial charge in [0, 0.05) is 19.0 Å². The molecule has 1 heterocycles. The number of fused-ring (bicyclic) bond motifs is 5. The van der Waals surface area contributed by atoms with Gasteiger partial charge in [-0.1, -0.05) is 0 Å². The van der Waals surface area contributed by atoms with Crippen LogP contribution < -0.4 is 0 Å². The molecular formula is C17H25NO3. The van der Waals surface area contributed by atoms with Crippen molar-refractivity contribution in [1.82, 2.24) is 4.90 Å². The highest BCUT2D eigenvalue weighted by atomic mass is 16.5. The van der Waals surface area contributed by atoms with E-state index in [0.717, 1.165) is 31.2 Å². The average molecular weight is 291 g/mol. The molecule has 4 fully saturated rings. The highest BCUT2D eigenvalue weighted by Crippen LogP contribution is 2.69. The lowest BCUT2D eigenvalue weighted by Crippen LogP contribution is -2.44. The summed E-state index contributed by atoms with van der Waals surface area (Å²) in [6.45, 7) is 3.69. The van der Waals surface area contributed by atoms with E-state index in [1.54, 1.807) is 0 Å². The van der Waals surface area contributed by atoms with Crippen molar-refractivity contribution in [2.24, 2.45) is 35.5 Å². The fourth-order valence-electron chi connectivity index (χ4n) is 5.50. The van der Waals surface area contributed by atoms with Crippen LogP contribution in [0.4, 0.5) is 0 Å². The predicted molar refractivity (Wildman–Crippen MR) is 77.2 cm³/mol. The number of ether oxygens (including phenoxy) is 1. The third kappa shape index (κ3) is 2.09. The Morgan fingerprint density at radius 3 is 2.52 bits per heavy atom. The number of nitrogens with zero attached hydrogens (tertiary/aromatic N) is 1. The molecule has 0 spiro atoms. The summed E-state index contributed by atoms with van der Waals surface area (Å²) in [6.07, 6.45) is 5.88. The highest BCUT2D eigenvalue weighted by Gasteiger charge is 2.68. The summed E-state index contributed by atoms with van der Waals surface area (Å²) in [7, 11) is 0. The van der Waals surface area contributed by atoms with Crippen LogP contribution in [0.25, 0.3) is 0 Å². The topological polar surface area (TPSA) is 46.6 Å². The molecule has 4 nitrogen and oxygen atoms in total. The van der Waals surface area contributed by atoms with E-state index in [1.165, 1.54) is 19.3 Å². The average Bonchev–Trinajstić information content (AvgIpc) is 2.94. The summed E-state index contributed by atoms with van der Waals surface area (Å²) >= 11 is 0. The molecule has 3 aliphatic carbocycles. The van der Waals surface area contributed by atoms with E-state index in [1.807, 2.05) is 11.8 Å². The van der Waals surface area contributed by atoms with Gasteiger partial charge in [0.05, 0.1) is 12.5 Å². The molecule has 5 atom stereocenters. The first-order valence-corrected chi connectivity index (χ1v) is 8.66. The normalized spacial score (nSPS) is 43.6. The summed E-state index contributed by atoms with van der Waals surface area (Å²) < 4.78 is 5.13. The molecule has 2 bridgehead atoms. The van der Waals surface area contributed by atoms with Crippen LogP contribution in [0.15, 0.2) is 0 Å². The lowest BCUT2D eigenvalue weighted by atomic mass is 9.96. The number of amides is 1. The Morgan fingerprint density at radius 1 is 1.14 bits per heavy atom. The number of piperidine rings is 1. The van der Waals surface area contributed by atoms with E-state index in [2.05, 4.69) is 0 Å². The largest absolute Gasteiger partial charge is 0.466 e. The molecule has 0 N–H and O–H groups in total. The Kier molecular flexibility index (Phi) is 3.23. The maximum absolute atomic E-state index is 12.8. The van der Waals surface area contributed by atoms with Gasteiger partial charge in [-0.05, 0) is 62.7 Å². The van der Waals surface area contributed by atoms with Crippen LogP contribution >= 0.6 is 0 Å². The smallest absolute Gasteiger partial charge is 0.310 e. The van der Waals surface area contributed by atoms with Gasteiger partial charge in [0.1, 0.15) is 0 Å². The monoisotopic (exact) mass is 291 g/mol. The molecule has 21 heavy (non-hydrogen) atoms. The third-order valence-corrected chi connectivity index (χ3v) is 6.37. The zero-order valence-corrected chi connectivity index (χ0v) is 12.8. The molecule has 116 valence electrons. The van der Waals surface area contributed by atoms with E-state index in [0.29, 0.717) is 36.8 Å². The van der Waals surface area contributed by atoms with Crippen LogP contribution in [0.1, 0.15) is 39.0 Å². The zero-order valence-electron chi connectivity index (χ0n) is 12.8. The van der Waals surface area contributed by atoms with Gasteiger partial charge in [-0.3, -0.25) is 9.59 Å². The quantitative estimate of drug-likeness (QED) is 0.748. The maximum atomic E-state index is 12.8. The number of carbonyl (C=O) groups is 2. The van der Waals surface area contributed by atoms with Crippen molar-refractivity contribution in [2.45, 2.75) is 39.0 Å².